The number of halogens is 1. The van der Waals surface area contributed by atoms with E-state index in [0.29, 0.717) is 23.6 Å². The first-order valence-electron chi connectivity index (χ1n) is 3.05. The summed E-state index contributed by atoms with van der Waals surface area (Å²) in [7, 11) is 1.62. The van der Waals surface area contributed by atoms with Crippen molar-refractivity contribution in [3.05, 3.63) is 10.5 Å². The largest absolute Gasteiger partial charge is 0.468 e. The summed E-state index contributed by atoms with van der Waals surface area (Å²) in [5.41, 5.74) is 0. The van der Waals surface area contributed by atoms with Gasteiger partial charge in [0.2, 0.25) is 0 Å². The molecule has 11 heavy (non-hydrogen) atoms. The monoisotopic (exact) mass is 193 g/mol. The van der Waals surface area contributed by atoms with Crippen LogP contribution in [0.15, 0.2) is 5.38 Å². The second kappa shape index (κ2) is 4.54. The van der Waals surface area contributed by atoms with E-state index in [-0.39, 0.29) is 0 Å². The van der Waals surface area contributed by atoms with Crippen LogP contribution in [0.3, 0.4) is 0 Å². The van der Waals surface area contributed by atoms with E-state index in [1.54, 1.807) is 12.5 Å². The van der Waals surface area contributed by atoms with Gasteiger partial charge in [0.1, 0.15) is 11.8 Å². The van der Waals surface area contributed by atoms with E-state index in [0.717, 1.165) is 0 Å². The van der Waals surface area contributed by atoms with Crippen LogP contribution in [0.25, 0.3) is 0 Å². The summed E-state index contributed by atoms with van der Waals surface area (Å²) in [6, 6.07) is 0. The molecule has 3 nitrogen and oxygen atoms in total. The fourth-order valence-electron chi connectivity index (χ4n) is 0.518. The van der Waals surface area contributed by atoms with Crippen molar-refractivity contribution in [1.82, 2.24) is 4.98 Å². The Bertz CT molecular complexity index is 216. The van der Waals surface area contributed by atoms with Gasteiger partial charge in [0.05, 0.1) is 6.61 Å². The molecular weight excluding hydrogens is 186 g/mol. The Morgan fingerprint density at radius 3 is 3.00 bits per heavy atom. The molecule has 0 unspecified atom stereocenters. The highest BCUT2D eigenvalue weighted by atomic mass is 35.5. The van der Waals surface area contributed by atoms with Crippen LogP contribution < -0.4 is 4.74 Å². The second-order valence-corrected chi connectivity index (χ2v) is 2.99. The smallest absolute Gasteiger partial charge is 0.274 e. The molecule has 5 heteroatoms. The zero-order valence-electron chi connectivity index (χ0n) is 6.04. The fraction of sp³-hybridized carbons (Fsp3) is 0.500. The van der Waals surface area contributed by atoms with E-state index < -0.39 is 0 Å². The molecule has 1 aromatic rings. The first-order chi connectivity index (χ1) is 5.33. The Labute approximate surface area is 73.9 Å². The summed E-state index contributed by atoms with van der Waals surface area (Å²) in [5, 5.41) is 2.79. The minimum Gasteiger partial charge on any atom is -0.468 e. The molecule has 0 N–H and O–H groups in total. The molecule has 0 spiro atoms. The van der Waals surface area contributed by atoms with Crippen LogP contribution in [0.4, 0.5) is 0 Å². The fourth-order valence-corrected chi connectivity index (χ4v) is 1.33. The van der Waals surface area contributed by atoms with E-state index in [2.05, 4.69) is 4.98 Å². The van der Waals surface area contributed by atoms with Gasteiger partial charge in [-0.15, -0.1) is 0 Å². The lowest BCUT2D eigenvalue weighted by atomic mass is 10.8. The molecule has 0 aliphatic heterocycles. The van der Waals surface area contributed by atoms with E-state index in [1.807, 2.05) is 0 Å². The zero-order valence-corrected chi connectivity index (χ0v) is 7.61. The molecule has 0 saturated carbocycles. The van der Waals surface area contributed by atoms with Gasteiger partial charge in [-0.25, -0.2) is 0 Å². The predicted octanol–water partition coefficient (Wildman–Crippen LogP) is 1.82. The molecular formula is C6H8ClNO2S. The van der Waals surface area contributed by atoms with Crippen molar-refractivity contribution in [2.24, 2.45) is 0 Å². The molecule has 0 atom stereocenters. The van der Waals surface area contributed by atoms with Crippen LogP contribution in [-0.2, 0) is 4.74 Å². The molecule has 0 aliphatic rings. The van der Waals surface area contributed by atoms with E-state index in [4.69, 9.17) is 21.1 Å². The standard InChI is InChI=1S/C6H8ClNO2S/c1-9-2-3-10-6-8-5(7)4-11-6/h4H,2-3H2,1H3. The van der Waals surface area contributed by atoms with Crippen LogP contribution in [-0.4, -0.2) is 25.3 Å². The van der Waals surface area contributed by atoms with Gasteiger partial charge in [-0.05, 0) is 0 Å². The Hall–Kier alpha value is -0.320. The van der Waals surface area contributed by atoms with E-state index >= 15 is 0 Å². The number of hydrogen-bond acceptors (Lipinski definition) is 4. The van der Waals surface area contributed by atoms with Crippen LogP contribution in [0, 0.1) is 0 Å². The number of hydrogen-bond donors (Lipinski definition) is 0. The highest BCUT2D eigenvalue weighted by Gasteiger charge is 1.98. The van der Waals surface area contributed by atoms with Gasteiger partial charge >= 0.3 is 0 Å². The van der Waals surface area contributed by atoms with Gasteiger partial charge < -0.3 is 9.47 Å². The number of aromatic nitrogens is 1. The molecule has 0 saturated heterocycles. The van der Waals surface area contributed by atoms with Gasteiger partial charge in [-0.1, -0.05) is 22.9 Å². The summed E-state index contributed by atoms with van der Waals surface area (Å²) < 4.78 is 9.95. The second-order valence-electron chi connectivity index (χ2n) is 1.78. The molecule has 1 rings (SSSR count). The predicted molar refractivity (Wildman–Crippen MR) is 44.5 cm³/mol. The summed E-state index contributed by atoms with van der Waals surface area (Å²) in [6.07, 6.45) is 0. The quantitative estimate of drug-likeness (QED) is 0.684. The van der Waals surface area contributed by atoms with Crippen molar-refractivity contribution in [2.45, 2.75) is 0 Å². The third kappa shape index (κ3) is 3.05. The van der Waals surface area contributed by atoms with Crippen molar-refractivity contribution in [3.8, 4) is 5.19 Å². The molecule has 0 aliphatic carbocycles. The SMILES string of the molecule is COCCOc1nc(Cl)cs1. The third-order valence-corrected chi connectivity index (χ3v) is 2.04. The maximum absolute atomic E-state index is 5.56. The third-order valence-electron chi connectivity index (χ3n) is 0.968. The number of ether oxygens (including phenoxy) is 2. The first-order valence-corrected chi connectivity index (χ1v) is 4.31. The molecule has 0 bridgehead atoms. The molecule has 0 aromatic carbocycles. The van der Waals surface area contributed by atoms with Crippen LogP contribution >= 0.6 is 22.9 Å². The van der Waals surface area contributed by atoms with Crippen molar-refractivity contribution in [3.63, 3.8) is 0 Å². The maximum atomic E-state index is 5.56. The van der Waals surface area contributed by atoms with Gasteiger partial charge in [-0.3, -0.25) is 0 Å². The Balaban J connectivity index is 2.27. The van der Waals surface area contributed by atoms with Gasteiger partial charge in [-0.2, -0.15) is 4.98 Å². The van der Waals surface area contributed by atoms with E-state index in [9.17, 15) is 0 Å². The number of nitrogens with zero attached hydrogens (tertiary/aromatic N) is 1. The molecule has 62 valence electrons. The summed E-state index contributed by atoms with van der Waals surface area (Å²) in [6.45, 7) is 1.08. The van der Waals surface area contributed by atoms with Gasteiger partial charge in [0, 0.05) is 12.5 Å². The summed E-state index contributed by atoms with van der Waals surface area (Å²) >= 11 is 6.94. The lowest BCUT2D eigenvalue weighted by Crippen LogP contribution is -2.03. The molecule has 1 aromatic heterocycles. The minimum absolute atomic E-state index is 0.474. The van der Waals surface area contributed by atoms with Crippen LogP contribution in [0.5, 0.6) is 5.19 Å². The molecule has 0 fully saturated rings. The van der Waals surface area contributed by atoms with Gasteiger partial charge in [0.25, 0.3) is 5.19 Å². The molecule has 0 amide bonds. The van der Waals surface area contributed by atoms with Crippen molar-refractivity contribution >= 4 is 22.9 Å². The lowest BCUT2D eigenvalue weighted by molar-refractivity contribution is 0.146. The van der Waals surface area contributed by atoms with Crippen LogP contribution in [0.2, 0.25) is 5.15 Å². The maximum Gasteiger partial charge on any atom is 0.274 e. The van der Waals surface area contributed by atoms with Crippen LogP contribution in [0.1, 0.15) is 0 Å². The zero-order chi connectivity index (χ0) is 8.10. The average Bonchev–Trinajstić information content (AvgIpc) is 2.37. The van der Waals surface area contributed by atoms with Gasteiger partial charge in [0.15, 0.2) is 0 Å². The Morgan fingerprint density at radius 1 is 1.64 bits per heavy atom. The van der Waals surface area contributed by atoms with Crippen molar-refractivity contribution in [1.29, 1.82) is 0 Å². The highest BCUT2D eigenvalue weighted by Crippen LogP contribution is 2.20. The average molecular weight is 194 g/mol. The molecule has 1 heterocycles. The number of rotatable bonds is 4. The number of methoxy groups -OCH3 is 1. The van der Waals surface area contributed by atoms with Crippen molar-refractivity contribution < 1.29 is 9.47 Å². The number of thiazole rings is 1. The Morgan fingerprint density at radius 2 is 2.45 bits per heavy atom. The topological polar surface area (TPSA) is 31.4 Å². The lowest BCUT2D eigenvalue weighted by Gasteiger charge is -1.98. The highest BCUT2D eigenvalue weighted by molar-refractivity contribution is 7.11. The minimum atomic E-state index is 0.474. The molecule has 0 radical (unpaired) electrons. The first kappa shape index (κ1) is 8.77. The summed E-state index contributed by atoms with van der Waals surface area (Å²) in [5.74, 6) is 0. The normalized spacial score (nSPS) is 10.0. The summed E-state index contributed by atoms with van der Waals surface area (Å²) in [4.78, 5) is 3.89. The van der Waals surface area contributed by atoms with E-state index in [1.165, 1.54) is 11.3 Å². The Kier molecular flexibility index (Phi) is 3.62. The van der Waals surface area contributed by atoms with Crippen molar-refractivity contribution in [2.75, 3.05) is 20.3 Å².